The number of benzene rings is 1. The summed E-state index contributed by atoms with van der Waals surface area (Å²) in [6.45, 7) is 8.07. The minimum Gasteiger partial charge on any atom is -0.461 e. The number of aliphatic hydroxyl groups is 1. The van der Waals surface area contributed by atoms with Crippen molar-refractivity contribution in [3.63, 3.8) is 0 Å². The molecule has 0 spiro atoms. The number of ether oxygens (including phenoxy) is 1. The fourth-order valence-electron chi connectivity index (χ4n) is 2.15. The molecule has 0 aliphatic carbocycles. The van der Waals surface area contributed by atoms with E-state index in [-0.39, 0.29) is 18.0 Å². The Morgan fingerprint density at radius 3 is 2.35 bits per heavy atom. The van der Waals surface area contributed by atoms with Crippen LogP contribution < -0.4 is 0 Å². The van der Waals surface area contributed by atoms with Crippen LogP contribution in [0.25, 0.3) is 0 Å². The lowest BCUT2D eigenvalue weighted by Gasteiger charge is -2.31. The zero-order chi connectivity index (χ0) is 15.2. The zero-order valence-electron chi connectivity index (χ0n) is 12.9. The topological polar surface area (TPSA) is 46.5 Å². The molecule has 0 saturated carbocycles. The zero-order valence-corrected chi connectivity index (χ0v) is 12.9. The number of aliphatic hydroxyl groups excluding tert-OH is 1. The van der Waals surface area contributed by atoms with Crippen molar-refractivity contribution in [3.05, 3.63) is 35.9 Å². The van der Waals surface area contributed by atoms with Crippen LogP contribution in [0.15, 0.2) is 30.3 Å². The van der Waals surface area contributed by atoms with Gasteiger partial charge in [-0.25, -0.2) is 0 Å². The van der Waals surface area contributed by atoms with Gasteiger partial charge in [-0.2, -0.15) is 0 Å². The monoisotopic (exact) mass is 278 g/mol. The Bertz CT molecular complexity index is 406. The van der Waals surface area contributed by atoms with Crippen LogP contribution in [0.3, 0.4) is 0 Å². The van der Waals surface area contributed by atoms with Crippen molar-refractivity contribution in [2.45, 2.75) is 53.2 Å². The van der Waals surface area contributed by atoms with Gasteiger partial charge in [0.25, 0.3) is 0 Å². The van der Waals surface area contributed by atoms with E-state index in [9.17, 15) is 9.90 Å². The van der Waals surface area contributed by atoms with Crippen molar-refractivity contribution in [1.29, 1.82) is 0 Å². The molecule has 2 atom stereocenters. The van der Waals surface area contributed by atoms with E-state index in [0.29, 0.717) is 6.42 Å². The number of hydrogen-bond acceptors (Lipinski definition) is 3. The van der Waals surface area contributed by atoms with Crippen LogP contribution in [0.4, 0.5) is 0 Å². The van der Waals surface area contributed by atoms with E-state index in [4.69, 9.17) is 4.74 Å². The summed E-state index contributed by atoms with van der Waals surface area (Å²) in [7, 11) is 0. The van der Waals surface area contributed by atoms with Crippen LogP contribution in [0, 0.1) is 11.3 Å². The third-order valence-electron chi connectivity index (χ3n) is 3.39. The average Bonchev–Trinajstić information content (AvgIpc) is 2.41. The molecule has 0 fully saturated rings. The van der Waals surface area contributed by atoms with Gasteiger partial charge in [-0.3, -0.25) is 4.79 Å². The summed E-state index contributed by atoms with van der Waals surface area (Å²) in [6.07, 6.45) is 0.801. The predicted molar refractivity (Wildman–Crippen MR) is 80.1 cm³/mol. The fourth-order valence-corrected chi connectivity index (χ4v) is 2.15. The Hall–Kier alpha value is -1.35. The highest BCUT2D eigenvalue weighted by molar-refractivity contribution is 5.73. The first-order chi connectivity index (χ1) is 9.36. The van der Waals surface area contributed by atoms with E-state index in [1.807, 2.05) is 58.0 Å². The van der Waals surface area contributed by atoms with Crippen molar-refractivity contribution in [2.75, 3.05) is 0 Å². The summed E-state index contributed by atoms with van der Waals surface area (Å²) in [4.78, 5) is 12.2. The molecular formula is C17H26O3. The van der Waals surface area contributed by atoms with Gasteiger partial charge in [0.05, 0.1) is 12.0 Å². The summed E-state index contributed by atoms with van der Waals surface area (Å²) in [5, 5.41) is 10.3. The molecule has 3 heteroatoms. The third-order valence-corrected chi connectivity index (χ3v) is 3.39. The van der Waals surface area contributed by atoms with Gasteiger partial charge in [0.1, 0.15) is 6.61 Å². The SMILES string of the molecule is CCC[C@H](C(=O)OCc1ccccc1)[C@@H](O)C(C)(C)C. The largest absolute Gasteiger partial charge is 0.461 e. The van der Waals surface area contributed by atoms with Crippen molar-refractivity contribution in [1.82, 2.24) is 0 Å². The number of carbonyl (C=O) groups is 1. The first-order valence-corrected chi connectivity index (χ1v) is 7.25. The average molecular weight is 278 g/mol. The van der Waals surface area contributed by atoms with Gasteiger partial charge in [-0.05, 0) is 17.4 Å². The summed E-state index contributed by atoms with van der Waals surface area (Å²) in [5.41, 5.74) is 0.632. The second kappa shape index (κ2) is 7.44. The molecular weight excluding hydrogens is 252 g/mol. The molecule has 0 aliphatic rings. The second-order valence-electron chi connectivity index (χ2n) is 6.30. The molecule has 20 heavy (non-hydrogen) atoms. The number of hydrogen-bond donors (Lipinski definition) is 1. The molecule has 0 aromatic heterocycles. The Balaban J connectivity index is 2.65. The second-order valence-corrected chi connectivity index (χ2v) is 6.30. The van der Waals surface area contributed by atoms with Crippen molar-refractivity contribution >= 4 is 5.97 Å². The van der Waals surface area contributed by atoms with Crippen molar-refractivity contribution in [3.8, 4) is 0 Å². The normalized spacial score (nSPS) is 14.7. The van der Waals surface area contributed by atoms with Gasteiger partial charge in [0.2, 0.25) is 0 Å². The fraction of sp³-hybridized carbons (Fsp3) is 0.588. The van der Waals surface area contributed by atoms with Crippen LogP contribution in [-0.2, 0) is 16.1 Å². The Kier molecular flexibility index (Phi) is 6.21. The first kappa shape index (κ1) is 16.7. The summed E-state index contributed by atoms with van der Waals surface area (Å²) in [6, 6.07) is 9.59. The van der Waals surface area contributed by atoms with Crippen LogP contribution in [0.1, 0.15) is 46.1 Å². The van der Waals surface area contributed by atoms with E-state index in [1.54, 1.807) is 0 Å². The molecule has 1 aromatic carbocycles. The molecule has 112 valence electrons. The Morgan fingerprint density at radius 2 is 1.85 bits per heavy atom. The highest BCUT2D eigenvalue weighted by Crippen LogP contribution is 2.29. The van der Waals surface area contributed by atoms with Crippen LogP contribution >= 0.6 is 0 Å². The molecule has 3 nitrogen and oxygen atoms in total. The van der Waals surface area contributed by atoms with E-state index in [1.165, 1.54) is 0 Å². The van der Waals surface area contributed by atoms with Crippen molar-refractivity contribution < 1.29 is 14.6 Å². The number of carbonyl (C=O) groups excluding carboxylic acids is 1. The van der Waals surface area contributed by atoms with Gasteiger partial charge < -0.3 is 9.84 Å². The lowest BCUT2D eigenvalue weighted by molar-refractivity contribution is -0.157. The molecule has 1 aromatic rings. The van der Waals surface area contributed by atoms with Crippen LogP contribution in [-0.4, -0.2) is 17.2 Å². The predicted octanol–water partition coefficient (Wildman–Crippen LogP) is 3.55. The molecule has 1 N–H and O–H groups in total. The van der Waals surface area contributed by atoms with E-state index >= 15 is 0 Å². The maximum Gasteiger partial charge on any atom is 0.311 e. The van der Waals surface area contributed by atoms with Gasteiger partial charge in [0, 0.05) is 0 Å². The summed E-state index contributed by atoms with van der Waals surface area (Å²) in [5.74, 6) is -0.762. The minimum atomic E-state index is -0.689. The highest BCUT2D eigenvalue weighted by atomic mass is 16.5. The van der Waals surface area contributed by atoms with Crippen LogP contribution in [0.5, 0.6) is 0 Å². The smallest absolute Gasteiger partial charge is 0.311 e. The lowest BCUT2D eigenvalue weighted by atomic mass is 9.79. The molecule has 0 radical (unpaired) electrons. The van der Waals surface area contributed by atoms with Crippen molar-refractivity contribution in [2.24, 2.45) is 11.3 Å². The van der Waals surface area contributed by atoms with Crippen LogP contribution in [0.2, 0.25) is 0 Å². The molecule has 0 unspecified atom stereocenters. The maximum atomic E-state index is 12.2. The first-order valence-electron chi connectivity index (χ1n) is 7.25. The lowest BCUT2D eigenvalue weighted by Crippen LogP contribution is -2.39. The Labute approximate surface area is 122 Å². The van der Waals surface area contributed by atoms with Gasteiger partial charge in [0.15, 0.2) is 0 Å². The van der Waals surface area contributed by atoms with Gasteiger partial charge in [-0.1, -0.05) is 64.4 Å². The molecule has 1 rings (SSSR count). The third kappa shape index (κ3) is 4.97. The molecule has 0 amide bonds. The highest BCUT2D eigenvalue weighted by Gasteiger charge is 2.35. The molecule has 0 heterocycles. The number of rotatable bonds is 6. The molecule has 0 saturated heterocycles. The van der Waals surface area contributed by atoms with Gasteiger partial charge >= 0.3 is 5.97 Å². The standard InChI is InChI=1S/C17H26O3/c1-5-9-14(15(18)17(2,3)4)16(19)20-12-13-10-7-6-8-11-13/h6-8,10-11,14-15,18H,5,9,12H2,1-4H3/t14-,15+/m0/s1. The minimum absolute atomic E-state index is 0.261. The van der Waals surface area contributed by atoms with E-state index < -0.39 is 12.0 Å². The quantitative estimate of drug-likeness (QED) is 0.809. The molecule has 0 aliphatic heterocycles. The molecule has 0 bridgehead atoms. The van der Waals surface area contributed by atoms with E-state index in [2.05, 4.69) is 0 Å². The number of esters is 1. The Morgan fingerprint density at radius 1 is 1.25 bits per heavy atom. The summed E-state index contributed by atoms with van der Waals surface area (Å²) >= 11 is 0. The summed E-state index contributed by atoms with van der Waals surface area (Å²) < 4.78 is 5.36. The van der Waals surface area contributed by atoms with E-state index in [0.717, 1.165) is 12.0 Å². The maximum absolute atomic E-state index is 12.2. The van der Waals surface area contributed by atoms with Gasteiger partial charge in [-0.15, -0.1) is 0 Å².